The van der Waals surface area contributed by atoms with Crippen molar-refractivity contribution in [3.8, 4) is 0 Å². The molecule has 0 saturated heterocycles. The smallest absolute Gasteiger partial charge is 0.255 e. The first-order chi connectivity index (χ1) is 6.02. The van der Waals surface area contributed by atoms with Crippen LogP contribution in [-0.2, 0) is 11.8 Å². The molecular weight excluding hydrogens is 170 g/mol. The number of hydrogen-bond donors (Lipinski definition) is 1. The van der Waals surface area contributed by atoms with Crippen molar-refractivity contribution in [1.82, 2.24) is 9.78 Å². The van der Waals surface area contributed by atoms with E-state index in [1.165, 1.54) is 11.8 Å². The van der Waals surface area contributed by atoms with E-state index in [2.05, 4.69) is 5.10 Å². The average Bonchev–Trinajstić information content (AvgIpc) is 2.49. The Balaban J connectivity index is 2.79. The highest BCUT2D eigenvalue weighted by molar-refractivity contribution is 5.95. The SMILES string of the molecule is C[C@H](O)C(=O)N(C)c1cnn(C)c1. The first-order valence-electron chi connectivity index (χ1n) is 3.96. The van der Waals surface area contributed by atoms with Crippen molar-refractivity contribution < 1.29 is 9.90 Å². The van der Waals surface area contributed by atoms with Gasteiger partial charge in [-0.1, -0.05) is 0 Å². The van der Waals surface area contributed by atoms with Gasteiger partial charge in [-0.05, 0) is 6.92 Å². The lowest BCUT2D eigenvalue weighted by Crippen LogP contribution is -2.34. The number of carbonyl (C=O) groups excluding carboxylic acids is 1. The Kier molecular flexibility index (Phi) is 2.67. The van der Waals surface area contributed by atoms with Crippen LogP contribution in [0.25, 0.3) is 0 Å². The summed E-state index contributed by atoms with van der Waals surface area (Å²) >= 11 is 0. The van der Waals surface area contributed by atoms with Gasteiger partial charge in [0.1, 0.15) is 6.10 Å². The maximum atomic E-state index is 11.3. The molecule has 1 aromatic rings. The number of amides is 1. The summed E-state index contributed by atoms with van der Waals surface area (Å²) in [4.78, 5) is 12.7. The minimum atomic E-state index is -0.981. The number of nitrogens with zero attached hydrogens (tertiary/aromatic N) is 3. The van der Waals surface area contributed by atoms with Crippen LogP contribution < -0.4 is 4.90 Å². The molecule has 1 amide bonds. The third-order valence-electron chi connectivity index (χ3n) is 1.77. The van der Waals surface area contributed by atoms with Gasteiger partial charge in [-0.2, -0.15) is 5.10 Å². The lowest BCUT2D eigenvalue weighted by atomic mass is 10.3. The van der Waals surface area contributed by atoms with Gasteiger partial charge in [-0.25, -0.2) is 0 Å². The van der Waals surface area contributed by atoms with Crippen LogP contribution in [0.5, 0.6) is 0 Å². The first-order valence-corrected chi connectivity index (χ1v) is 3.96. The Hall–Kier alpha value is -1.36. The van der Waals surface area contributed by atoms with E-state index in [1.807, 2.05) is 0 Å². The Morgan fingerprint density at radius 3 is 2.77 bits per heavy atom. The average molecular weight is 183 g/mol. The largest absolute Gasteiger partial charge is 0.384 e. The number of aliphatic hydroxyl groups is 1. The number of aryl methyl sites for hydroxylation is 1. The lowest BCUT2D eigenvalue weighted by Gasteiger charge is -2.16. The van der Waals surface area contributed by atoms with E-state index in [-0.39, 0.29) is 5.91 Å². The van der Waals surface area contributed by atoms with Crippen molar-refractivity contribution in [2.45, 2.75) is 13.0 Å². The van der Waals surface area contributed by atoms with E-state index in [4.69, 9.17) is 5.11 Å². The summed E-state index contributed by atoms with van der Waals surface area (Å²) in [5, 5.41) is 13.0. The molecule has 1 aromatic heterocycles. The number of likely N-dealkylation sites (N-methyl/N-ethyl adjacent to an activating group) is 1. The minimum absolute atomic E-state index is 0.340. The van der Waals surface area contributed by atoms with Gasteiger partial charge in [0.15, 0.2) is 0 Å². The molecule has 0 aliphatic carbocycles. The van der Waals surface area contributed by atoms with Crippen molar-refractivity contribution in [3.63, 3.8) is 0 Å². The molecule has 0 aliphatic heterocycles. The molecule has 1 N–H and O–H groups in total. The second-order valence-corrected chi connectivity index (χ2v) is 2.95. The van der Waals surface area contributed by atoms with Crippen molar-refractivity contribution in [2.24, 2.45) is 7.05 Å². The first kappa shape index (κ1) is 9.73. The van der Waals surface area contributed by atoms with E-state index in [0.29, 0.717) is 5.69 Å². The Bertz CT molecular complexity index is 306. The number of aromatic nitrogens is 2. The Morgan fingerprint density at radius 2 is 2.38 bits per heavy atom. The summed E-state index contributed by atoms with van der Waals surface area (Å²) in [6, 6.07) is 0. The maximum Gasteiger partial charge on any atom is 0.255 e. The fourth-order valence-corrected chi connectivity index (χ4v) is 0.989. The van der Waals surface area contributed by atoms with Gasteiger partial charge in [0.2, 0.25) is 0 Å². The number of carbonyl (C=O) groups is 1. The lowest BCUT2D eigenvalue weighted by molar-refractivity contribution is -0.125. The third kappa shape index (κ3) is 2.06. The van der Waals surface area contributed by atoms with Gasteiger partial charge in [-0.3, -0.25) is 9.48 Å². The van der Waals surface area contributed by atoms with Crippen LogP contribution in [0.4, 0.5) is 5.69 Å². The topological polar surface area (TPSA) is 58.4 Å². The molecule has 0 spiro atoms. The molecule has 0 saturated carbocycles. The van der Waals surface area contributed by atoms with Crippen LogP contribution in [0, 0.1) is 0 Å². The van der Waals surface area contributed by atoms with Crippen molar-refractivity contribution >= 4 is 11.6 Å². The van der Waals surface area contributed by atoms with E-state index in [1.54, 1.807) is 31.2 Å². The quantitative estimate of drug-likeness (QED) is 0.688. The summed E-state index contributed by atoms with van der Waals surface area (Å²) in [6.45, 7) is 1.44. The normalized spacial score (nSPS) is 12.6. The van der Waals surface area contributed by atoms with Crippen LogP contribution in [-0.4, -0.2) is 33.9 Å². The molecule has 13 heavy (non-hydrogen) atoms. The van der Waals surface area contributed by atoms with Crippen LogP contribution in [0.1, 0.15) is 6.92 Å². The van der Waals surface area contributed by atoms with Crippen LogP contribution in [0.2, 0.25) is 0 Å². The van der Waals surface area contributed by atoms with E-state index in [0.717, 1.165) is 0 Å². The molecule has 0 fully saturated rings. The highest BCUT2D eigenvalue weighted by Gasteiger charge is 2.16. The molecule has 1 atom stereocenters. The van der Waals surface area contributed by atoms with Gasteiger partial charge in [0.25, 0.3) is 5.91 Å². The molecule has 0 aromatic carbocycles. The maximum absolute atomic E-state index is 11.3. The summed E-state index contributed by atoms with van der Waals surface area (Å²) in [7, 11) is 3.37. The number of aliphatic hydroxyl groups excluding tert-OH is 1. The predicted octanol–water partition coefficient (Wildman–Crippen LogP) is -0.236. The molecule has 0 aliphatic rings. The van der Waals surface area contributed by atoms with Gasteiger partial charge in [0, 0.05) is 20.3 Å². The van der Waals surface area contributed by atoms with E-state index in [9.17, 15) is 4.79 Å². The molecular formula is C8H13N3O2. The number of rotatable bonds is 2. The standard InChI is InChI=1S/C8H13N3O2/c1-6(12)8(13)11(3)7-4-9-10(2)5-7/h4-6,12H,1-3H3/t6-/m0/s1. The molecule has 72 valence electrons. The molecule has 0 unspecified atom stereocenters. The molecule has 1 rings (SSSR count). The Morgan fingerprint density at radius 1 is 1.77 bits per heavy atom. The zero-order chi connectivity index (χ0) is 10.0. The van der Waals surface area contributed by atoms with Gasteiger partial charge < -0.3 is 10.0 Å². The second-order valence-electron chi connectivity index (χ2n) is 2.95. The predicted molar refractivity (Wildman–Crippen MR) is 48.3 cm³/mol. The van der Waals surface area contributed by atoms with Crippen LogP contribution >= 0.6 is 0 Å². The van der Waals surface area contributed by atoms with Crippen molar-refractivity contribution in [3.05, 3.63) is 12.4 Å². The van der Waals surface area contributed by atoms with E-state index < -0.39 is 6.10 Å². The van der Waals surface area contributed by atoms with E-state index >= 15 is 0 Å². The second kappa shape index (κ2) is 3.57. The summed E-state index contributed by atoms with van der Waals surface area (Å²) in [5.41, 5.74) is 0.674. The fraction of sp³-hybridized carbons (Fsp3) is 0.500. The highest BCUT2D eigenvalue weighted by Crippen LogP contribution is 2.10. The number of anilines is 1. The molecule has 0 bridgehead atoms. The zero-order valence-corrected chi connectivity index (χ0v) is 7.93. The van der Waals surface area contributed by atoms with Crippen molar-refractivity contribution in [2.75, 3.05) is 11.9 Å². The Labute approximate surface area is 76.6 Å². The van der Waals surface area contributed by atoms with Crippen LogP contribution in [0.15, 0.2) is 12.4 Å². The molecule has 1 heterocycles. The summed E-state index contributed by atoms with van der Waals surface area (Å²) in [5.74, 6) is -0.340. The summed E-state index contributed by atoms with van der Waals surface area (Å²) in [6.07, 6.45) is 2.30. The molecule has 0 radical (unpaired) electrons. The molecule has 5 nitrogen and oxygen atoms in total. The van der Waals surface area contributed by atoms with Gasteiger partial charge >= 0.3 is 0 Å². The summed E-state index contributed by atoms with van der Waals surface area (Å²) < 4.78 is 1.60. The highest BCUT2D eigenvalue weighted by atomic mass is 16.3. The third-order valence-corrected chi connectivity index (χ3v) is 1.77. The monoisotopic (exact) mass is 183 g/mol. The van der Waals surface area contributed by atoms with Gasteiger partial charge in [0.05, 0.1) is 11.9 Å². The van der Waals surface area contributed by atoms with Crippen molar-refractivity contribution in [1.29, 1.82) is 0 Å². The fourth-order valence-electron chi connectivity index (χ4n) is 0.989. The van der Waals surface area contributed by atoms with Gasteiger partial charge in [-0.15, -0.1) is 0 Å². The zero-order valence-electron chi connectivity index (χ0n) is 7.93. The number of hydrogen-bond acceptors (Lipinski definition) is 3. The van der Waals surface area contributed by atoms with Crippen LogP contribution in [0.3, 0.4) is 0 Å². The minimum Gasteiger partial charge on any atom is -0.384 e. The molecule has 5 heteroatoms.